The van der Waals surface area contributed by atoms with Crippen LogP contribution in [-0.2, 0) is 0 Å². The number of benzene rings is 1. The van der Waals surface area contributed by atoms with Crippen molar-refractivity contribution in [2.75, 3.05) is 18.0 Å². The third-order valence-corrected chi connectivity index (χ3v) is 3.15. The maximum Gasteiger partial charge on any atom is 0.269 e. The molecule has 1 aliphatic rings. The van der Waals surface area contributed by atoms with Crippen molar-refractivity contribution in [1.29, 1.82) is 0 Å². The van der Waals surface area contributed by atoms with Crippen molar-refractivity contribution >= 4 is 23.0 Å². The van der Waals surface area contributed by atoms with Gasteiger partial charge >= 0.3 is 0 Å². The van der Waals surface area contributed by atoms with E-state index in [-0.39, 0.29) is 16.0 Å². The number of nitrogens with zero attached hydrogens (tertiary/aromatic N) is 2. The molecular formula is C11H13ClN2O2. The number of rotatable bonds is 2. The van der Waals surface area contributed by atoms with Gasteiger partial charge in [0.05, 0.1) is 10.3 Å². The number of piperidine rings is 1. The van der Waals surface area contributed by atoms with Gasteiger partial charge in [0.2, 0.25) is 0 Å². The molecule has 2 rings (SSSR count). The highest BCUT2D eigenvalue weighted by Gasteiger charge is 2.18. The van der Waals surface area contributed by atoms with Gasteiger partial charge in [0.15, 0.2) is 0 Å². The minimum absolute atomic E-state index is 0.128. The minimum atomic E-state index is -0.385. The standard InChI is InChI=1S/C11H13ClN2O2/c12-9-2-1-7-13(8-9)10-3-5-11(6-4-10)14(15)16/h3-6,9H,1-2,7-8H2. The molecule has 0 amide bonds. The topological polar surface area (TPSA) is 46.4 Å². The Bertz CT molecular complexity index is 380. The summed E-state index contributed by atoms with van der Waals surface area (Å²) in [6.07, 6.45) is 2.12. The van der Waals surface area contributed by atoms with E-state index >= 15 is 0 Å². The first-order valence-corrected chi connectivity index (χ1v) is 5.74. The number of hydrogen-bond donors (Lipinski definition) is 0. The second-order valence-electron chi connectivity index (χ2n) is 3.96. The average molecular weight is 241 g/mol. The molecule has 0 spiro atoms. The van der Waals surface area contributed by atoms with Crippen molar-refractivity contribution in [3.8, 4) is 0 Å². The molecule has 1 atom stereocenters. The third kappa shape index (κ3) is 2.44. The van der Waals surface area contributed by atoms with E-state index in [0.717, 1.165) is 31.6 Å². The van der Waals surface area contributed by atoms with Crippen molar-refractivity contribution in [3.05, 3.63) is 34.4 Å². The van der Waals surface area contributed by atoms with E-state index in [0.29, 0.717) is 0 Å². The highest BCUT2D eigenvalue weighted by molar-refractivity contribution is 6.21. The van der Waals surface area contributed by atoms with Gasteiger partial charge in [0.1, 0.15) is 0 Å². The molecule has 16 heavy (non-hydrogen) atoms. The predicted molar refractivity (Wildman–Crippen MR) is 64.2 cm³/mol. The van der Waals surface area contributed by atoms with Crippen molar-refractivity contribution in [2.45, 2.75) is 18.2 Å². The molecule has 1 aromatic rings. The molecule has 1 heterocycles. The molecule has 86 valence electrons. The van der Waals surface area contributed by atoms with Gasteiger partial charge in [-0.15, -0.1) is 11.6 Å². The Morgan fingerprint density at radius 2 is 2.06 bits per heavy atom. The number of non-ortho nitro benzene ring substituents is 1. The Labute approximate surface area is 99.0 Å². The molecule has 4 nitrogen and oxygen atoms in total. The van der Waals surface area contributed by atoms with Crippen LogP contribution in [-0.4, -0.2) is 23.4 Å². The highest BCUT2D eigenvalue weighted by Crippen LogP contribution is 2.24. The first-order valence-electron chi connectivity index (χ1n) is 5.30. The number of halogens is 1. The summed E-state index contributed by atoms with van der Waals surface area (Å²) >= 11 is 6.09. The fourth-order valence-electron chi connectivity index (χ4n) is 1.95. The predicted octanol–water partition coefficient (Wildman–Crippen LogP) is 2.80. The smallest absolute Gasteiger partial charge is 0.269 e. The number of anilines is 1. The van der Waals surface area contributed by atoms with Crippen LogP contribution in [0.15, 0.2) is 24.3 Å². The fraction of sp³-hybridized carbons (Fsp3) is 0.455. The van der Waals surface area contributed by atoms with Gasteiger partial charge in [0.25, 0.3) is 5.69 Å². The van der Waals surface area contributed by atoms with Gasteiger partial charge in [-0.1, -0.05) is 0 Å². The fourth-order valence-corrected chi connectivity index (χ4v) is 2.27. The summed E-state index contributed by atoms with van der Waals surface area (Å²) in [6, 6.07) is 6.64. The van der Waals surface area contributed by atoms with Gasteiger partial charge in [-0.25, -0.2) is 0 Å². The number of nitro benzene ring substituents is 1. The third-order valence-electron chi connectivity index (χ3n) is 2.79. The van der Waals surface area contributed by atoms with Gasteiger partial charge in [-0.3, -0.25) is 10.1 Å². The maximum atomic E-state index is 10.5. The van der Waals surface area contributed by atoms with Crippen LogP contribution in [0.5, 0.6) is 0 Å². The van der Waals surface area contributed by atoms with Crippen LogP contribution in [0.2, 0.25) is 0 Å². The van der Waals surface area contributed by atoms with Crippen LogP contribution in [0.25, 0.3) is 0 Å². The molecule has 1 aliphatic heterocycles. The lowest BCUT2D eigenvalue weighted by atomic mass is 10.1. The summed E-state index contributed by atoms with van der Waals surface area (Å²) in [5.41, 5.74) is 1.14. The van der Waals surface area contributed by atoms with E-state index in [1.54, 1.807) is 12.1 Å². The molecule has 1 aromatic carbocycles. The van der Waals surface area contributed by atoms with E-state index in [1.165, 1.54) is 12.1 Å². The summed E-state index contributed by atoms with van der Waals surface area (Å²) < 4.78 is 0. The van der Waals surface area contributed by atoms with E-state index in [9.17, 15) is 10.1 Å². The molecule has 5 heteroatoms. The van der Waals surface area contributed by atoms with E-state index < -0.39 is 0 Å². The Kier molecular flexibility index (Phi) is 3.29. The SMILES string of the molecule is O=[N+]([O-])c1ccc(N2CCCC(Cl)C2)cc1. The van der Waals surface area contributed by atoms with Crippen LogP contribution >= 0.6 is 11.6 Å². The Hall–Kier alpha value is -1.29. The van der Waals surface area contributed by atoms with Crippen molar-refractivity contribution in [1.82, 2.24) is 0 Å². The summed E-state index contributed by atoms with van der Waals surface area (Å²) in [7, 11) is 0. The zero-order valence-corrected chi connectivity index (χ0v) is 9.56. The maximum absolute atomic E-state index is 10.5. The van der Waals surface area contributed by atoms with Crippen LogP contribution in [0.3, 0.4) is 0 Å². The number of alkyl halides is 1. The summed E-state index contributed by atoms with van der Waals surface area (Å²) in [6.45, 7) is 1.79. The molecule has 0 aliphatic carbocycles. The van der Waals surface area contributed by atoms with Crippen molar-refractivity contribution < 1.29 is 4.92 Å². The largest absolute Gasteiger partial charge is 0.370 e. The molecule has 0 N–H and O–H groups in total. The molecule has 1 unspecified atom stereocenters. The molecule has 1 saturated heterocycles. The Morgan fingerprint density at radius 3 is 2.62 bits per heavy atom. The number of nitro groups is 1. The molecule has 0 saturated carbocycles. The van der Waals surface area contributed by atoms with Crippen molar-refractivity contribution in [3.63, 3.8) is 0 Å². The molecule has 1 fully saturated rings. The second kappa shape index (κ2) is 4.70. The zero-order valence-electron chi connectivity index (χ0n) is 8.80. The lowest BCUT2D eigenvalue weighted by molar-refractivity contribution is -0.384. The van der Waals surface area contributed by atoms with Gasteiger partial charge < -0.3 is 4.90 Å². The first-order chi connectivity index (χ1) is 7.66. The van der Waals surface area contributed by atoms with Gasteiger partial charge in [-0.2, -0.15) is 0 Å². The Morgan fingerprint density at radius 1 is 1.38 bits per heavy atom. The summed E-state index contributed by atoms with van der Waals surface area (Å²) in [5.74, 6) is 0. The molecule has 0 aromatic heterocycles. The van der Waals surface area contributed by atoms with Crippen LogP contribution in [0.4, 0.5) is 11.4 Å². The molecule has 0 radical (unpaired) electrons. The van der Waals surface area contributed by atoms with Gasteiger partial charge in [0, 0.05) is 30.9 Å². The Balaban J connectivity index is 2.11. The quantitative estimate of drug-likeness (QED) is 0.454. The first kappa shape index (κ1) is 11.2. The van der Waals surface area contributed by atoms with Gasteiger partial charge in [-0.05, 0) is 25.0 Å². The van der Waals surface area contributed by atoms with Crippen LogP contribution in [0, 0.1) is 10.1 Å². The normalized spacial score (nSPS) is 20.8. The summed E-state index contributed by atoms with van der Waals surface area (Å²) in [4.78, 5) is 12.3. The number of hydrogen-bond acceptors (Lipinski definition) is 3. The lowest BCUT2D eigenvalue weighted by Crippen LogP contribution is -2.35. The lowest BCUT2D eigenvalue weighted by Gasteiger charge is -2.31. The monoisotopic (exact) mass is 240 g/mol. The highest BCUT2D eigenvalue weighted by atomic mass is 35.5. The van der Waals surface area contributed by atoms with E-state index in [2.05, 4.69) is 4.90 Å². The van der Waals surface area contributed by atoms with E-state index in [1.807, 2.05) is 0 Å². The van der Waals surface area contributed by atoms with E-state index in [4.69, 9.17) is 11.6 Å². The summed E-state index contributed by atoms with van der Waals surface area (Å²) in [5, 5.41) is 10.7. The molecular weight excluding hydrogens is 228 g/mol. The zero-order chi connectivity index (χ0) is 11.5. The van der Waals surface area contributed by atoms with Crippen LogP contribution < -0.4 is 4.90 Å². The molecule has 0 bridgehead atoms. The minimum Gasteiger partial charge on any atom is -0.370 e. The van der Waals surface area contributed by atoms with Crippen LogP contribution in [0.1, 0.15) is 12.8 Å². The van der Waals surface area contributed by atoms with Crippen molar-refractivity contribution in [2.24, 2.45) is 0 Å². The second-order valence-corrected chi connectivity index (χ2v) is 4.58. The average Bonchev–Trinajstić information content (AvgIpc) is 2.29.